The third-order valence-electron chi connectivity index (χ3n) is 5.25. The molecule has 0 saturated carbocycles. The fourth-order valence-corrected chi connectivity index (χ4v) is 3.87. The fourth-order valence-electron chi connectivity index (χ4n) is 3.67. The number of anilines is 1. The molecule has 1 N–H and O–H groups in total. The molecule has 3 aromatic heterocycles. The minimum atomic E-state index is -0.589. The number of aryl methyl sites for hydroxylation is 2. The van der Waals surface area contributed by atoms with Crippen LogP contribution in [-0.4, -0.2) is 33.8 Å². The van der Waals surface area contributed by atoms with Crippen molar-refractivity contribution in [3.05, 3.63) is 64.2 Å². The Hall–Kier alpha value is -3.65. The predicted molar refractivity (Wildman–Crippen MR) is 126 cm³/mol. The number of nitrogens with zero attached hydrogens (tertiary/aromatic N) is 3. The van der Waals surface area contributed by atoms with E-state index in [1.54, 1.807) is 23.0 Å². The summed E-state index contributed by atoms with van der Waals surface area (Å²) < 4.78 is 12.2. The Bertz CT molecular complexity index is 1390. The molecule has 170 valence electrons. The molecule has 0 aliphatic rings. The summed E-state index contributed by atoms with van der Waals surface area (Å²) in [6.07, 6.45) is 1.64. The number of fused-ring (bicyclic) bond motifs is 1. The first kappa shape index (κ1) is 22.5. The Kier molecular flexibility index (Phi) is 5.95. The molecule has 0 spiro atoms. The van der Waals surface area contributed by atoms with Crippen LogP contribution in [-0.2, 0) is 4.74 Å². The van der Waals surface area contributed by atoms with Gasteiger partial charge < -0.3 is 14.5 Å². The van der Waals surface area contributed by atoms with Crippen LogP contribution in [0.2, 0.25) is 5.02 Å². The zero-order chi connectivity index (χ0) is 23.9. The molecule has 0 saturated heterocycles. The maximum Gasteiger partial charge on any atom is 0.339 e. The van der Waals surface area contributed by atoms with Crippen molar-refractivity contribution in [2.75, 3.05) is 12.4 Å². The van der Waals surface area contributed by atoms with Crippen molar-refractivity contribution < 1.29 is 18.7 Å². The molecular weight excluding hydrogens is 444 g/mol. The zero-order valence-electron chi connectivity index (χ0n) is 18.9. The lowest BCUT2D eigenvalue weighted by molar-refractivity contribution is 0.0600. The van der Waals surface area contributed by atoms with Crippen LogP contribution in [0.5, 0.6) is 0 Å². The molecule has 0 aliphatic carbocycles. The van der Waals surface area contributed by atoms with Crippen molar-refractivity contribution in [2.45, 2.75) is 33.7 Å². The highest BCUT2D eigenvalue weighted by molar-refractivity contribution is 6.33. The highest BCUT2D eigenvalue weighted by Crippen LogP contribution is 2.31. The van der Waals surface area contributed by atoms with Crippen LogP contribution >= 0.6 is 11.6 Å². The molecule has 8 nitrogen and oxygen atoms in total. The van der Waals surface area contributed by atoms with E-state index >= 15 is 0 Å². The first-order valence-corrected chi connectivity index (χ1v) is 10.7. The second-order valence-corrected chi connectivity index (χ2v) is 8.35. The van der Waals surface area contributed by atoms with E-state index in [0.29, 0.717) is 33.7 Å². The van der Waals surface area contributed by atoms with Crippen molar-refractivity contribution in [2.24, 2.45) is 0 Å². The van der Waals surface area contributed by atoms with E-state index in [-0.39, 0.29) is 22.5 Å². The number of nitrogens with one attached hydrogen (secondary N) is 1. The van der Waals surface area contributed by atoms with Gasteiger partial charge in [-0.05, 0) is 58.0 Å². The third kappa shape index (κ3) is 4.21. The van der Waals surface area contributed by atoms with Crippen molar-refractivity contribution in [1.82, 2.24) is 14.8 Å². The van der Waals surface area contributed by atoms with Gasteiger partial charge in [-0.3, -0.25) is 4.79 Å². The number of furan rings is 1. The number of amides is 1. The number of methoxy groups -OCH3 is 1. The molecule has 4 aromatic rings. The van der Waals surface area contributed by atoms with E-state index in [4.69, 9.17) is 25.7 Å². The van der Waals surface area contributed by atoms with Gasteiger partial charge >= 0.3 is 5.97 Å². The van der Waals surface area contributed by atoms with Crippen LogP contribution in [0.15, 0.2) is 40.9 Å². The summed E-state index contributed by atoms with van der Waals surface area (Å²) in [7, 11) is 1.27. The van der Waals surface area contributed by atoms with Gasteiger partial charge in [0.15, 0.2) is 5.65 Å². The zero-order valence-corrected chi connectivity index (χ0v) is 19.6. The summed E-state index contributed by atoms with van der Waals surface area (Å²) in [5.74, 6) is 0.502. The number of hydrogen-bond acceptors (Lipinski definition) is 6. The van der Waals surface area contributed by atoms with E-state index in [9.17, 15) is 9.59 Å². The van der Waals surface area contributed by atoms with Gasteiger partial charge in [0.05, 0.1) is 40.5 Å². The van der Waals surface area contributed by atoms with Gasteiger partial charge in [-0.25, -0.2) is 14.5 Å². The van der Waals surface area contributed by atoms with E-state index in [2.05, 4.69) is 10.4 Å². The van der Waals surface area contributed by atoms with Crippen LogP contribution in [0.25, 0.3) is 22.3 Å². The Morgan fingerprint density at radius 1 is 1.15 bits per heavy atom. The summed E-state index contributed by atoms with van der Waals surface area (Å²) in [6.45, 7) is 7.71. The van der Waals surface area contributed by atoms with Gasteiger partial charge in [0.2, 0.25) is 0 Å². The van der Waals surface area contributed by atoms with Crippen molar-refractivity contribution in [1.29, 1.82) is 0 Å². The Labute approximate surface area is 195 Å². The third-order valence-corrected chi connectivity index (χ3v) is 5.58. The van der Waals surface area contributed by atoms with E-state index < -0.39 is 5.97 Å². The maximum atomic E-state index is 13.4. The molecule has 0 atom stereocenters. The Morgan fingerprint density at radius 2 is 1.91 bits per heavy atom. The second kappa shape index (κ2) is 8.71. The number of hydrogen-bond donors (Lipinski definition) is 1. The average Bonchev–Trinajstić information content (AvgIpc) is 3.36. The van der Waals surface area contributed by atoms with E-state index in [1.165, 1.54) is 19.2 Å². The number of aromatic nitrogens is 3. The molecule has 4 rings (SSSR count). The molecule has 3 heterocycles. The lowest BCUT2D eigenvalue weighted by Gasteiger charge is -2.11. The van der Waals surface area contributed by atoms with E-state index in [1.807, 2.05) is 33.8 Å². The monoisotopic (exact) mass is 466 g/mol. The molecule has 0 fully saturated rings. The summed E-state index contributed by atoms with van der Waals surface area (Å²) in [5.41, 5.74) is 2.97. The molecule has 9 heteroatoms. The number of esters is 1. The van der Waals surface area contributed by atoms with Crippen LogP contribution in [0, 0.1) is 13.8 Å². The van der Waals surface area contributed by atoms with Gasteiger partial charge in [-0.15, -0.1) is 0 Å². The molecule has 1 aromatic carbocycles. The standard InChI is InChI=1S/C24H23ClN4O4/c1-12(2)29-22-19(11-26-29)17(10-21(28-22)16-8-13(3)33-14(16)4)23(30)27-15-6-7-20(25)18(9-15)24(31)32-5/h6-12H,1-5H3,(H,27,30). The molecule has 0 unspecified atom stereocenters. The summed E-state index contributed by atoms with van der Waals surface area (Å²) in [6, 6.07) is 8.29. The van der Waals surface area contributed by atoms with Crippen LogP contribution in [0.1, 0.15) is 52.1 Å². The molecular formula is C24H23ClN4O4. The van der Waals surface area contributed by atoms with Crippen molar-refractivity contribution in [3.63, 3.8) is 0 Å². The second-order valence-electron chi connectivity index (χ2n) is 7.94. The van der Waals surface area contributed by atoms with Crippen LogP contribution < -0.4 is 5.32 Å². The SMILES string of the molecule is COC(=O)c1cc(NC(=O)c2cc(-c3cc(C)oc3C)nc3c2cnn3C(C)C)ccc1Cl. The number of rotatable bonds is 5. The smallest absolute Gasteiger partial charge is 0.339 e. The van der Waals surface area contributed by atoms with Gasteiger partial charge in [-0.2, -0.15) is 5.10 Å². The fraction of sp³-hybridized carbons (Fsp3) is 0.250. The summed E-state index contributed by atoms with van der Waals surface area (Å²) >= 11 is 6.10. The number of pyridine rings is 1. The van der Waals surface area contributed by atoms with Gasteiger partial charge in [0, 0.05) is 17.3 Å². The Balaban J connectivity index is 1.82. The van der Waals surface area contributed by atoms with Gasteiger partial charge in [-0.1, -0.05) is 11.6 Å². The lowest BCUT2D eigenvalue weighted by atomic mass is 10.1. The normalized spacial score (nSPS) is 11.2. The number of carbonyl (C=O) groups is 2. The Morgan fingerprint density at radius 3 is 2.55 bits per heavy atom. The molecule has 1 amide bonds. The quantitative estimate of drug-likeness (QED) is 0.385. The number of halogens is 1. The van der Waals surface area contributed by atoms with Crippen molar-refractivity contribution in [3.8, 4) is 11.3 Å². The summed E-state index contributed by atoms with van der Waals surface area (Å²) in [4.78, 5) is 30.1. The average molecular weight is 467 g/mol. The van der Waals surface area contributed by atoms with Crippen molar-refractivity contribution >= 4 is 40.2 Å². The molecule has 0 bridgehead atoms. The minimum absolute atomic E-state index is 0.0484. The van der Waals surface area contributed by atoms with Crippen LogP contribution in [0.3, 0.4) is 0 Å². The number of ether oxygens (including phenoxy) is 1. The largest absolute Gasteiger partial charge is 0.466 e. The first-order valence-electron chi connectivity index (χ1n) is 10.3. The number of benzene rings is 1. The molecule has 0 aliphatic heterocycles. The van der Waals surface area contributed by atoms with E-state index in [0.717, 1.165) is 11.3 Å². The summed E-state index contributed by atoms with van der Waals surface area (Å²) in [5, 5.41) is 8.13. The minimum Gasteiger partial charge on any atom is -0.466 e. The van der Waals surface area contributed by atoms with Gasteiger partial charge in [0.25, 0.3) is 5.91 Å². The molecule has 0 radical (unpaired) electrons. The maximum absolute atomic E-state index is 13.4. The number of carbonyl (C=O) groups excluding carboxylic acids is 2. The highest BCUT2D eigenvalue weighted by atomic mass is 35.5. The van der Waals surface area contributed by atoms with Crippen LogP contribution in [0.4, 0.5) is 5.69 Å². The lowest BCUT2D eigenvalue weighted by Crippen LogP contribution is -2.14. The molecule has 33 heavy (non-hydrogen) atoms. The first-order chi connectivity index (χ1) is 15.7. The van der Waals surface area contributed by atoms with Gasteiger partial charge in [0.1, 0.15) is 11.5 Å². The predicted octanol–water partition coefficient (Wildman–Crippen LogP) is 5.58. The highest BCUT2D eigenvalue weighted by Gasteiger charge is 2.21. The topological polar surface area (TPSA) is 99.2 Å².